The summed E-state index contributed by atoms with van der Waals surface area (Å²) >= 11 is 0. The van der Waals surface area contributed by atoms with Crippen molar-refractivity contribution in [3.05, 3.63) is 46.9 Å². The number of fused-ring (bicyclic) bond motifs is 1. The third-order valence-electron chi connectivity index (χ3n) is 5.14. The maximum absolute atomic E-state index is 12.7. The number of carboxylic acid groups (broad SMARTS) is 1. The zero-order valence-corrected chi connectivity index (χ0v) is 18.7. The second kappa shape index (κ2) is 10.5. The Labute approximate surface area is 190 Å². The quantitative estimate of drug-likeness (QED) is 0.287. The summed E-state index contributed by atoms with van der Waals surface area (Å²) in [4.78, 5) is 43.8. The van der Waals surface area contributed by atoms with Crippen LogP contribution in [0.1, 0.15) is 40.7 Å². The van der Waals surface area contributed by atoms with Crippen molar-refractivity contribution >= 4 is 34.6 Å². The van der Waals surface area contributed by atoms with Gasteiger partial charge in [0.2, 0.25) is 11.9 Å². The number of rotatable bonds is 10. The van der Waals surface area contributed by atoms with E-state index < -0.39 is 17.9 Å². The molecule has 11 heteroatoms. The SMILES string of the molecule is CC(=O)NCC(NC(=O)c1c(C)nc(NCCCc2cccc3[nH]ncc23)nc1C)C(=O)O. The van der Waals surface area contributed by atoms with Crippen molar-refractivity contribution in [1.82, 2.24) is 30.8 Å². The van der Waals surface area contributed by atoms with Gasteiger partial charge in [0, 0.05) is 25.4 Å². The monoisotopic (exact) mass is 453 g/mol. The molecular formula is C22H27N7O4. The molecule has 33 heavy (non-hydrogen) atoms. The zero-order valence-electron chi connectivity index (χ0n) is 18.7. The average molecular weight is 454 g/mol. The predicted octanol–water partition coefficient (Wildman–Crippen LogP) is 1.33. The van der Waals surface area contributed by atoms with Crippen LogP contribution >= 0.6 is 0 Å². The first-order valence-corrected chi connectivity index (χ1v) is 10.5. The Balaban J connectivity index is 1.59. The molecule has 1 unspecified atom stereocenters. The van der Waals surface area contributed by atoms with Gasteiger partial charge in [0.25, 0.3) is 5.91 Å². The van der Waals surface area contributed by atoms with Gasteiger partial charge in [-0.15, -0.1) is 0 Å². The number of carbonyl (C=O) groups excluding carboxylic acids is 2. The molecule has 1 aromatic carbocycles. The maximum Gasteiger partial charge on any atom is 0.328 e. The Hall–Kier alpha value is -4.02. The summed E-state index contributed by atoms with van der Waals surface area (Å²) in [6, 6.07) is 4.79. The number of carboxylic acids is 1. The Bertz CT molecular complexity index is 1150. The zero-order chi connectivity index (χ0) is 24.0. The Morgan fingerprint density at radius 3 is 2.55 bits per heavy atom. The van der Waals surface area contributed by atoms with Crippen LogP contribution in [0.3, 0.4) is 0 Å². The van der Waals surface area contributed by atoms with Crippen molar-refractivity contribution in [2.45, 2.75) is 39.7 Å². The predicted molar refractivity (Wildman–Crippen MR) is 122 cm³/mol. The lowest BCUT2D eigenvalue weighted by atomic mass is 10.1. The molecule has 2 amide bonds. The lowest BCUT2D eigenvalue weighted by Gasteiger charge is -2.17. The third kappa shape index (κ3) is 6.03. The Kier molecular flexibility index (Phi) is 7.54. The molecular weight excluding hydrogens is 426 g/mol. The van der Waals surface area contributed by atoms with Crippen LogP contribution in [0, 0.1) is 13.8 Å². The summed E-state index contributed by atoms with van der Waals surface area (Å²) in [5.74, 6) is -1.85. The summed E-state index contributed by atoms with van der Waals surface area (Å²) in [6.07, 6.45) is 3.52. The van der Waals surface area contributed by atoms with Crippen LogP contribution in [0.4, 0.5) is 5.95 Å². The molecule has 11 nitrogen and oxygen atoms in total. The van der Waals surface area contributed by atoms with Gasteiger partial charge in [-0.3, -0.25) is 14.7 Å². The summed E-state index contributed by atoms with van der Waals surface area (Å²) in [5.41, 5.74) is 3.27. The number of aryl methyl sites for hydroxylation is 3. The summed E-state index contributed by atoms with van der Waals surface area (Å²) in [6.45, 7) is 5.01. The van der Waals surface area contributed by atoms with E-state index in [1.54, 1.807) is 13.8 Å². The molecule has 0 fully saturated rings. The Morgan fingerprint density at radius 2 is 1.88 bits per heavy atom. The molecule has 1 atom stereocenters. The highest BCUT2D eigenvalue weighted by atomic mass is 16.4. The van der Waals surface area contributed by atoms with Crippen LogP contribution in [0.5, 0.6) is 0 Å². The van der Waals surface area contributed by atoms with Gasteiger partial charge >= 0.3 is 5.97 Å². The molecule has 0 aliphatic carbocycles. The highest BCUT2D eigenvalue weighted by molar-refractivity contribution is 5.98. The first-order valence-electron chi connectivity index (χ1n) is 10.5. The van der Waals surface area contributed by atoms with Gasteiger partial charge in [0.15, 0.2) is 0 Å². The van der Waals surface area contributed by atoms with E-state index in [-0.39, 0.29) is 18.0 Å². The normalized spacial score (nSPS) is 11.7. The van der Waals surface area contributed by atoms with E-state index in [9.17, 15) is 19.5 Å². The third-order valence-corrected chi connectivity index (χ3v) is 5.14. The van der Waals surface area contributed by atoms with Crippen molar-refractivity contribution in [3.8, 4) is 0 Å². The molecule has 0 aliphatic rings. The van der Waals surface area contributed by atoms with Gasteiger partial charge in [-0.25, -0.2) is 14.8 Å². The fraction of sp³-hybridized carbons (Fsp3) is 0.364. The van der Waals surface area contributed by atoms with Gasteiger partial charge in [0.1, 0.15) is 6.04 Å². The number of amides is 2. The number of hydrogen-bond donors (Lipinski definition) is 5. The molecule has 0 spiro atoms. The van der Waals surface area contributed by atoms with Gasteiger partial charge in [0.05, 0.1) is 28.7 Å². The fourth-order valence-electron chi connectivity index (χ4n) is 3.53. The standard InChI is InChI=1S/C22H27N7O4/c1-12-19(20(31)28-18(21(32)33)11-24-14(3)30)13(2)27-22(26-12)23-9-5-7-15-6-4-8-17-16(15)10-25-29-17/h4,6,8,10,18H,5,7,9,11H2,1-3H3,(H,24,30)(H,25,29)(H,28,31)(H,32,33)(H,23,26,27). The number of H-pyrrole nitrogens is 1. The number of carbonyl (C=O) groups is 3. The smallest absolute Gasteiger partial charge is 0.328 e. The van der Waals surface area contributed by atoms with Crippen LogP contribution in [0.2, 0.25) is 0 Å². The van der Waals surface area contributed by atoms with Crippen LogP contribution in [0.25, 0.3) is 10.9 Å². The van der Waals surface area contributed by atoms with E-state index >= 15 is 0 Å². The fourth-order valence-corrected chi connectivity index (χ4v) is 3.53. The molecule has 2 aromatic heterocycles. The van der Waals surface area contributed by atoms with E-state index in [0.717, 1.165) is 23.7 Å². The number of nitrogens with one attached hydrogen (secondary N) is 4. The number of aromatic amines is 1. The molecule has 174 valence electrons. The van der Waals surface area contributed by atoms with E-state index in [4.69, 9.17) is 0 Å². The Morgan fingerprint density at radius 1 is 1.15 bits per heavy atom. The molecule has 2 heterocycles. The minimum atomic E-state index is -1.27. The van der Waals surface area contributed by atoms with E-state index in [2.05, 4.69) is 42.2 Å². The summed E-state index contributed by atoms with van der Waals surface area (Å²) < 4.78 is 0. The van der Waals surface area contributed by atoms with Crippen LogP contribution in [0.15, 0.2) is 24.4 Å². The van der Waals surface area contributed by atoms with Gasteiger partial charge in [-0.2, -0.15) is 5.10 Å². The van der Waals surface area contributed by atoms with E-state index in [1.165, 1.54) is 12.5 Å². The lowest BCUT2D eigenvalue weighted by molar-refractivity contribution is -0.139. The number of anilines is 1. The van der Waals surface area contributed by atoms with Crippen molar-refractivity contribution in [1.29, 1.82) is 0 Å². The van der Waals surface area contributed by atoms with Crippen LogP contribution in [-0.4, -0.2) is 62.2 Å². The van der Waals surface area contributed by atoms with Gasteiger partial charge in [-0.1, -0.05) is 12.1 Å². The number of benzene rings is 1. The van der Waals surface area contributed by atoms with Crippen molar-refractivity contribution in [2.75, 3.05) is 18.4 Å². The molecule has 5 N–H and O–H groups in total. The second-order valence-corrected chi connectivity index (χ2v) is 7.67. The van der Waals surface area contributed by atoms with Gasteiger partial charge < -0.3 is 21.1 Å². The molecule has 3 aromatic rings. The minimum absolute atomic E-state index is 0.210. The molecule has 0 saturated carbocycles. The second-order valence-electron chi connectivity index (χ2n) is 7.67. The van der Waals surface area contributed by atoms with Gasteiger partial charge in [-0.05, 0) is 38.3 Å². The average Bonchev–Trinajstić information content (AvgIpc) is 3.23. The van der Waals surface area contributed by atoms with Crippen molar-refractivity contribution < 1.29 is 19.5 Å². The van der Waals surface area contributed by atoms with Crippen LogP contribution in [-0.2, 0) is 16.0 Å². The number of aliphatic carboxylic acids is 1. The van der Waals surface area contributed by atoms with Crippen molar-refractivity contribution in [3.63, 3.8) is 0 Å². The number of aromatic nitrogens is 4. The molecule has 0 bridgehead atoms. The lowest BCUT2D eigenvalue weighted by Crippen LogP contribution is -2.48. The molecule has 3 rings (SSSR count). The minimum Gasteiger partial charge on any atom is -0.480 e. The summed E-state index contributed by atoms with van der Waals surface area (Å²) in [7, 11) is 0. The van der Waals surface area contributed by atoms with E-state index in [0.29, 0.717) is 23.9 Å². The highest BCUT2D eigenvalue weighted by Gasteiger charge is 2.24. The summed E-state index contributed by atoms with van der Waals surface area (Å²) in [5, 5.41) is 25.4. The molecule has 0 aliphatic heterocycles. The first kappa shape index (κ1) is 23.6. The first-order chi connectivity index (χ1) is 15.8. The van der Waals surface area contributed by atoms with E-state index in [1.807, 2.05) is 18.3 Å². The largest absolute Gasteiger partial charge is 0.480 e. The highest BCUT2D eigenvalue weighted by Crippen LogP contribution is 2.18. The molecule has 0 radical (unpaired) electrons. The topological polar surface area (TPSA) is 162 Å². The number of nitrogens with zero attached hydrogens (tertiary/aromatic N) is 3. The van der Waals surface area contributed by atoms with Crippen LogP contribution < -0.4 is 16.0 Å². The molecule has 0 saturated heterocycles. The van der Waals surface area contributed by atoms with Crippen molar-refractivity contribution in [2.24, 2.45) is 0 Å². The maximum atomic E-state index is 12.7. The number of hydrogen-bond acceptors (Lipinski definition) is 7.